The van der Waals surface area contributed by atoms with Crippen LogP contribution in [0, 0.1) is 0 Å². The highest BCUT2D eigenvalue weighted by molar-refractivity contribution is 7.11. The minimum Gasteiger partial charge on any atom is -0.144 e. The first kappa shape index (κ1) is 8.12. The summed E-state index contributed by atoms with van der Waals surface area (Å²) in [5.74, 6) is 0. The minimum absolute atomic E-state index is 0.349. The van der Waals surface area contributed by atoms with E-state index in [-0.39, 0.29) is 0 Å². The third kappa shape index (κ3) is 1.75. The van der Waals surface area contributed by atoms with Gasteiger partial charge in [0.05, 0.1) is 0 Å². The highest BCUT2D eigenvalue weighted by Gasteiger charge is 1.99. The molecule has 54 valence electrons. The lowest BCUT2D eigenvalue weighted by atomic mass is 10.3. The highest BCUT2D eigenvalue weighted by atomic mass is 35.5. The van der Waals surface area contributed by atoms with E-state index < -0.39 is 0 Å². The third-order valence-electron chi connectivity index (χ3n) is 1.17. The minimum atomic E-state index is 0.349. The Morgan fingerprint density at radius 1 is 1.50 bits per heavy atom. The van der Waals surface area contributed by atoms with Crippen LogP contribution in [-0.2, 0) is 0 Å². The predicted octanol–water partition coefficient (Wildman–Crippen LogP) is 3.91. The van der Waals surface area contributed by atoms with Crippen LogP contribution in [0.25, 0.3) is 5.57 Å². The fourth-order valence-corrected chi connectivity index (χ4v) is 1.64. The second kappa shape index (κ2) is 3.42. The molecule has 10 heavy (non-hydrogen) atoms. The third-order valence-corrected chi connectivity index (χ3v) is 2.73. The van der Waals surface area contributed by atoms with Gasteiger partial charge in [0.2, 0.25) is 0 Å². The zero-order valence-corrected chi connectivity index (χ0v) is 7.72. The molecule has 1 aromatic heterocycles. The molecule has 3 heteroatoms. The van der Waals surface area contributed by atoms with Crippen molar-refractivity contribution in [2.75, 3.05) is 0 Å². The van der Waals surface area contributed by atoms with Crippen molar-refractivity contribution in [1.82, 2.24) is 0 Å². The molecule has 0 saturated carbocycles. The zero-order valence-electron chi connectivity index (χ0n) is 5.40. The molecule has 0 fully saturated rings. The number of allylic oxidation sites excluding steroid dienone is 1. The maximum absolute atomic E-state index is 5.57. The van der Waals surface area contributed by atoms with Crippen molar-refractivity contribution in [3.63, 3.8) is 0 Å². The van der Waals surface area contributed by atoms with Gasteiger partial charge in [-0.1, -0.05) is 29.3 Å². The van der Waals surface area contributed by atoms with Gasteiger partial charge in [-0.05, 0) is 23.9 Å². The quantitative estimate of drug-likeness (QED) is 0.634. The van der Waals surface area contributed by atoms with Crippen LogP contribution in [0.2, 0.25) is 0 Å². The van der Waals surface area contributed by atoms with Gasteiger partial charge < -0.3 is 0 Å². The van der Waals surface area contributed by atoms with Crippen molar-refractivity contribution in [3.8, 4) is 0 Å². The van der Waals surface area contributed by atoms with E-state index >= 15 is 0 Å². The van der Waals surface area contributed by atoms with Gasteiger partial charge in [0.1, 0.15) is 4.49 Å². The monoisotopic (exact) mass is 192 g/mol. The Morgan fingerprint density at radius 3 is 2.60 bits per heavy atom. The number of thiophene rings is 1. The van der Waals surface area contributed by atoms with Gasteiger partial charge in [0, 0.05) is 4.88 Å². The van der Waals surface area contributed by atoms with Crippen LogP contribution >= 0.6 is 34.5 Å². The van der Waals surface area contributed by atoms with E-state index in [9.17, 15) is 0 Å². The molecule has 0 amide bonds. The molecule has 0 aliphatic rings. The van der Waals surface area contributed by atoms with Gasteiger partial charge in [0.25, 0.3) is 0 Å². The molecule has 0 unspecified atom stereocenters. The number of hydrogen-bond acceptors (Lipinski definition) is 1. The second-order valence-corrected chi connectivity index (χ2v) is 3.76. The van der Waals surface area contributed by atoms with Crippen molar-refractivity contribution in [1.29, 1.82) is 0 Å². The molecule has 1 aromatic rings. The van der Waals surface area contributed by atoms with Crippen LogP contribution in [0.3, 0.4) is 0 Å². The molecule has 0 N–H and O–H groups in total. The SMILES string of the molecule is CC(=C(Cl)Cl)c1cccs1. The van der Waals surface area contributed by atoms with Gasteiger partial charge in [-0.25, -0.2) is 0 Å². The predicted molar refractivity (Wildman–Crippen MR) is 48.6 cm³/mol. The number of hydrogen-bond donors (Lipinski definition) is 0. The molecular formula is C7H6Cl2S. The fourth-order valence-electron chi connectivity index (χ4n) is 0.585. The lowest BCUT2D eigenvalue weighted by Gasteiger charge is -1.93. The normalized spacial score (nSPS) is 9.50. The Morgan fingerprint density at radius 2 is 2.20 bits per heavy atom. The summed E-state index contributed by atoms with van der Waals surface area (Å²) < 4.78 is 0.349. The summed E-state index contributed by atoms with van der Waals surface area (Å²) in [6.07, 6.45) is 0. The summed E-state index contributed by atoms with van der Waals surface area (Å²) in [7, 11) is 0. The van der Waals surface area contributed by atoms with E-state index in [0.29, 0.717) is 4.49 Å². The highest BCUT2D eigenvalue weighted by Crippen LogP contribution is 2.26. The Balaban J connectivity index is 2.99. The van der Waals surface area contributed by atoms with Crippen molar-refractivity contribution < 1.29 is 0 Å². The first-order chi connectivity index (χ1) is 4.72. The van der Waals surface area contributed by atoms with E-state index in [2.05, 4.69) is 0 Å². The first-order valence-corrected chi connectivity index (χ1v) is 4.41. The molecule has 0 aliphatic heterocycles. The summed E-state index contributed by atoms with van der Waals surface area (Å²) in [4.78, 5) is 1.13. The van der Waals surface area contributed by atoms with Crippen LogP contribution in [-0.4, -0.2) is 0 Å². The smallest absolute Gasteiger partial charge is 0.111 e. The van der Waals surface area contributed by atoms with E-state index in [0.717, 1.165) is 10.5 Å². The molecule has 0 saturated heterocycles. The Hall–Kier alpha value is 0.0200. The summed E-state index contributed by atoms with van der Waals surface area (Å²) >= 11 is 12.8. The molecule has 0 nitrogen and oxygen atoms in total. The summed E-state index contributed by atoms with van der Waals surface area (Å²) in [6.45, 7) is 1.90. The van der Waals surface area contributed by atoms with Crippen LogP contribution in [0.5, 0.6) is 0 Å². The molecule has 1 heterocycles. The zero-order chi connectivity index (χ0) is 7.56. The molecular weight excluding hydrogens is 187 g/mol. The number of halogens is 2. The molecule has 0 aliphatic carbocycles. The lowest BCUT2D eigenvalue weighted by Crippen LogP contribution is -1.69. The van der Waals surface area contributed by atoms with Gasteiger partial charge in [-0.3, -0.25) is 0 Å². The largest absolute Gasteiger partial charge is 0.144 e. The average molecular weight is 193 g/mol. The van der Waals surface area contributed by atoms with Crippen LogP contribution in [0.4, 0.5) is 0 Å². The Bertz CT molecular complexity index is 232. The van der Waals surface area contributed by atoms with Crippen molar-refractivity contribution >= 4 is 40.1 Å². The van der Waals surface area contributed by atoms with Crippen molar-refractivity contribution in [2.24, 2.45) is 0 Å². The first-order valence-electron chi connectivity index (χ1n) is 2.77. The van der Waals surface area contributed by atoms with Crippen LogP contribution < -0.4 is 0 Å². The van der Waals surface area contributed by atoms with Gasteiger partial charge in [-0.2, -0.15) is 0 Å². The standard InChI is InChI=1S/C7H6Cl2S/c1-5(7(8)9)6-3-2-4-10-6/h2-4H,1H3. The van der Waals surface area contributed by atoms with Crippen molar-refractivity contribution in [3.05, 3.63) is 26.9 Å². The van der Waals surface area contributed by atoms with Crippen LogP contribution in [0.1, 0.15) is 11.8 Å². The summed E-state index contributed by atoms with van der Waals surface area (Å²) in [5.41, 5.74) is 0.943. The van der Waals surface area contributed by atoms with Gasteiger partial charge >= 0.3 is 0 Å². The maximum Gasteiger partial charge on any atom is 0.111 e. The summed E-state index contributed by atoms with van der Waals surface area (Å²) in [5, 5.41) is 2.00. The lowest BCUT2D eigenvalue weighted by molar-refractivity contribution is 1.72. The molecule has 0 aromatic carbocycles. The summed E-state index contributed by atoms with van der Waals surface area (Å²) in [6, 6.07) is 3.96. The fraction of sp³-hybridized carbons (Fsp3) is 0.143. The average Bonchev–Trinajstić information content (AvgIpc) is 2.36. The van der Waals surface area contributed by atoms with E-state index in [4.69, 9.17) is 23.2 Å². The number of rotatable bonds is 1. The Kier molecular flexibility index (Phi) is 2.78. The van der Waals surface area contributed by atoms with Crippen LogP contribution in [0.15, 0.2) is 22.0 Å². The molecule has 0 bridgehead atoms. The Labute approximate surface area is 74.1 Å². The second-order valence-electron chi connectivity index (χ2n) is 1.86. The molecule has 0 spiro atoms. The van der Waals surface area contributed by atoms with Gasteiger partial charge in [-0.15, -0.1) is 11.3 Å². The van der Waals surface area contributed by atoms with Crippen molar-refractivity contribution in [2.45, 2.75) is 6.92 Å². The molecule has 1 rings (SSSR count). The topological polar surface area (TPSA) is 0 Å². The van der Waals surface area contributed by atoms with E-state index in [1.807, 2.05) is 24.4 Å². The van der Waals surface area contributed by atoms with E-state index in [1.54, 1.807) is 11.3 Å². The van der Waals surface area contributed by atoms with Gasteiger partial charge in [0.15, 0.2) is 0 Å². The molecule has 0 atom stereocenters. The molecule has 0 radical (unpaired) electrons. The van der Waals surface area contributed by atoms with E-state index in [1.165, 1.54) is 0 Å². The maximum atomic E-state index is 5.57.